The lowest BCUT2D eigenvalue weighted by Crippen LogP contribution is -2.33. The second-order valence-electron chi connectivity index (χ2n) is 4.29. The van der Waals surface area contributed by atoms with Crippen LogP contribution in [0.4, 0.5) is 0 Å². The molecule has 2 heteroatoms. The smallest absolute Gasteiger partial charge is 0.128 e. The number of benzene rings is 2. The van der Waals surface area contributed by atoms with Gasteiger partial charge < -0.3 is 4.74 Å². The molecule has 0 unspecified atom stereocenters. The molecule has 0 saturated carbocycles. The zero-order valence-electron chi connectivity index (χ0n) is 10.8. The van der Waals surface area contributed by atoms with Crippen molar-refractivity contribution in [3.63, 3.8) is 0 Å². The Morgan fingerprint density at radius 3 is 1.79 bits per heavy atom. The summed E-state index contributed by atoms with van der Waals surface area (Å²) in [6.07, 6.45) is 1.78. The molecule has 0 bridgehead atoms. The van der Waals surface area contributed by atoms with E-state index in [9.17, 15) is 0 Å². The first-order chi connectivity index (χ1) is 9.33. The first-order valence-corrected chi connectivity index (χ1v) is 7.37. The topological polar surface area (TPSA) is 9.23 Å². The standard InChI is InChI=1S/C17H17BrO/c1-2-13-19-17(14-18,15-9-5-3-6-10-15)16-11-7-4-8-12-16/h2-12H,1,13-14H2. The number of rotatable bonds is 6. The lowest BCUT2D eigenvalue weighted by Gasteiger charge is -2.33. The molecule has 0 radical (unpaired) electrons. The Balaban J connectivity index is 2.51. The van der Waals surface area contributed by atoms with E-state index in [1.165, 1.54) is 0 Å². The first kappa shape index (κ1) is 14.0. The summed E-state index contributed by atoms with van der Waals surface area (Å²) in [5.74, 6) is 0. The minimum atomic E-state index is -0.475. The van der Waals surface area contributed by atoms with Gasteiger partial charge in [-0.3, -0.25) is 0 Å². The van der Waals surface area contributed by atoms with Crippen LogP contribution in [0.1, 0.15) is 11.1 Å². The lowest BCUT2D eigenvalue weighted by molar-refractivity contribution is 0.0191. The SMILES string of the molecule is C=CCOC(CBr)(c1ccccc1)c1ccccc1. The van der Waals surface area contributed by atoms with E-state index in [0.717, 1.165) is 11.1 Å². The summed E-state index contributed by atoms with van der Waals surface area (Å²) in [4.78, 5) is 0. The Morgan fingerprint density at radius 1 is 0.947 bits per heavy atom. The maximum atomic E-state index is 6.14. The fourth-order valence-corrected chi connectivity index (χ4v) is 2.95. The van der Waals surface area contributed by atoms with Gasteiger partial charge in [0.1, 0.15) is 5.60 Å². The fourth-order valence-electron chi connectivity index (χ4n) is 2.14. The van der Waals surface area contributed by atoms with E-state index in [2.05, 4.69) is 46.8 Å². The van der Waals surface area contributed by atoms with E-state index < -0.39 is 5.60 Å². The van der Waals surface area contributed by atoms with Crippen LogP contribution >= 0.6 is 15.9 Å². The van der Waals surface area contributed by atoms with E-state index in [1.807, 2.05) is 36.4 Å². The van der Waals surface area contributed by atoms with Crippen LogP contribution in [0.15, 0.2) is 73.3 Å². The van der Waals surface area contributed by atoms with E-state index in [1.54, 1.807) is 6.08 Å². The normalized spacial score (nSPS) is 11.2. The highest BCUT2D eigenvalue weighted by Crippen LogP contribution is 2.35. The molecule has 98 valence electrons. The molecule has 0 aromatic heterocycles. The van der Waals surface area contributed by atoms with Crippen molar-refractivity contribution in [3.05, 3.63) is 84.4 Å². The van der Waals surface area contributed by atoms with Crippen LogP contribution < -0.4 is 0 Å². The third kappa shape index (κ3) is 2.96. The number of hydrogen-bond acceptors (Lipinski definition) is 1. The number of hydrogen-bond donors (Lipinski definition) is 0. The molecule has 0 amide bonds. The molecular formula is C17H17BrO. The van der Waals surface area contributed by atoms with Gasteiger partial charge >= 0.3 is 0 Å². The maximum absolute atomic E-state index is 6.14. The molecule has 0 aliphatic rings. The highest BCUT2D eigenvalue weighted by Gasteiger charge is 2.33. The number of alkyl halides is 1. The van der Waals surface area contributed by atoms with Crippen molar-refractivity contribution in [2.24, 2.45) is 0 Å². The predicted octanol–water partition coefficient (Wildman–Crippen LogP) is 4.53. The summed E-state index contributed by atoms with van der Waals surface area (Å²) >= 11 is 3.62. The van der Waals surface area contributed by atoms with Gasteiger partial charge in [0.25, 0.3) is 0 Å². The van der Waals surface area contributed by atoms with Crippen LogP contribution in [-0.4, -0.2) is 11.9 Å². The van der Waals surface area contributed by atoms with E-state index in [-0.39, 0.29) is 0 Å². The molecule has 19 heavy (non-hydrogen) atoms. The summed E-state index contributed by atoms with van der Waals surface area (Å²) in [7, 11) is 0. The fraction of sp³-hybridized carbons (Fsp3) is 0.176. The van der Waals surface area contributed by atoms with Gasteiger partial charge in [-0.2, -0.15) is 0 Å². The van der Waals surface area contributed by atoms with Gasteiger partial charge in [0.15, 0.2) is 0 Å². The van der Waals surface area contributed by atoms with Crippen molar-refractivity contribution in [2.75, 3.05) is 11.9 Å². The van der Waals surface area contributed by atoms with Crippen molar-refractivity contribution in [3.8, 4) is 0 Å². The molecule has 0 atom stereocenters. The molecule has 0 heterocycles. The van der Waals surface area contributed by atoms with E-state index in [0.29, 0.717) is 11.9 Å². The number of ether oxygens (including phenoxy) is 1. The quantitative estimate of drug-likeness (QED) is 0.562. The molecule has 0 saturated heterocycles. The van der Waals surface area contributed by atoms with Crippen LogP contribution in [-0.2, 0) is 10.3 Å². The Labute approximate surface area is 123 Å². The average molecular weight is 317 g/mol. The predicted molar refractivity (Wildman–Crippen MR) is 83.6 cm³/mol. The largest absolute Gasteiger partial charge is 0.361 e. The molecule has 0 aliphatic carbocycles. The summed E-state index contributed by atoms with van der Waals surface area (Å²) in [5.41, 5.74) is 1.80. The molecule has 1 nitrogen and oxygen atoms in total. The van der Waals surface area contributed by atoms with Gasteiger partial charge in [-0.25, -0.2) is 0 Å². The second kappa shape index (κ2) is 6.69. The Kier molecular flexibility index (Phi) is 4.94. The molecule has 0 aliphatic heterocycles. The van der Waals surface area contributed by atoms with Crippen molar-refractivity contribution < 1.29 is 4.74 Å². The summed E-state index contributed by atoms with van der Waals surface area (Å²) in [5, 5.41) is 0.696. The maximum Gasteiger partial charge on any atom is 0.128 e. The van der Waals surface area contributed by atoms with Crippen LogP contribution in [0, 0.1) is 0 Å². The van der Waals surface area contributed by atoms with Crippen LogP contribution in [0.5, 0.6) is 0 Å². The molecule has 2 aromatic carbocycles. The average Bonchev–Trinajstić information content (AvgIpc) is 2.51. The summed E-state index contributed by atoms with van der Waals surface area (Å²) < 4.78 is 6.14. The van der Waals surface area contributed by atoms with E-state index >= 15 is 0 Å². The molecule has 0 spiro atoms. The summed E-state index contributed by atoms with van der Waals surface area (Å²) in [6, 6.07) is 20.5. The van der Waals surface area contributed by atoms with Crippen molar-refractivity contribution >= 4 is 15.9 Å². The van der Waals surface area contributed by atoms with Gasteiger partial charge in [0.2, 0.25) is 0 Å². The van der Waals surface area contributed by atoms with E-state index in [4.69, 9.17) is 4.74 Å². The third-order valence-electron chi connectivity index (χ3n) is 3.12. The van der Waals surface area contributed by atoms with Gasteiger partial charge in [0.05, 0.1) is 6.61 Å². The van der Waals surface area contributed by atoms with Crippen molar-refractivity contribution in [1.29, 1.82) is 0 Å². The van der Waals surface area contributed by atoms with Gasteiger partial charge in [-0.05, 0) is 11.1 Å². The van der Waals surface area contributed by atoms with Crippen molar-refractivity contribution in [2.45, 2.75) is 5.60 Å². The third-order valence-corrected chi connectivity index (χ3v) is 3.91. The van der Waals surface area contributed by atoms with Crippen LogP contribution in [0.25, 0.3) is 0 Å². The zero-order valence-corrected chi connectivity index (χ0v) is 12.3. The highest BCUT2D eigenvalue weighted by atomic mass is 79.9. The second-order valence-corrected chi connectivity index (χ2v) is 4.85. The molecule has 2 aromatic rings. The molecule has 0 fully saturated rings. The minimum absolute atomic E-state index is 0.475. The van der Waals surface area contributed by atoms with Crippen LogP contribution in [0.3, 0.4) is 0 Å². The Hall–Kier alpha value is -1.38. The monoisotopic (exact) mass is 316 g/mol. The zero-order chi connectivity index (χ0) is 13.6. The Bertz CT molecular complexity index is 468. The molecule has 0 N–H and O–H groups in total. The van der Waals surface area contributed by atoms with Crippen molar-refractivity contribution in [1.82, 2.24) is 0 Å². The van der Waals surface area contributed by atoms with Gasteiger partial charge in [-0.1, -0.05) is 82.7 Å². The summed E-state index contributed by atoms with van der Waals surface area (Å²) in [6.45, 7) is 4.25. The Morgan fingerprint density at radius 2 is 1.42 bits per heavy atom. The number of halogens is 1. The first-order valence-electron chi connectivity index (χ1n) is 6.25. The van der Waals surface area contributed by atoms with Crippen LogP contribution in [0.2, 0.25) is 0 Å². The van der Waals surface area contributed by atoms with Gasteiger partial charge in [0, 0.05) is 5.33 Å². The van der Waals surface area contributed by atoms with Gasteiger partial charge in [-0.15, -0.1) is 6.58 Å². The lowest BCUT2D eigenvalue weighted by atomic mass is 9.88. The minimum Gasteiger partial charge on any atom is -0.361 e. The molecule has 2 rings (SSSR count). The molecular weight excluding hydrogens is 300 g/mol. The highest BCUT2D eigenvalue weighted by molar-refractivity contribution is 9.09.